The number of nitrogens with zero attached hydrogens (tertiary/aromatic N) is 2. The average molecular weight is 404 g/mol. The number of hydrogen-bond donors (Lipinski definition) is 0. The summed E-state index contributed by atoms with van der Waals surface area (Å²) in [4.78, 5) is 17.6. The molecule has 4 heterocycles. The van der Waals surface area contributed by atoms with Crippen LogP contribution in [-0.4, -0.2) is 74.9 Å². The minimum absolute atomic E-state index is 0.0331. The Balaban J connectivity index is 1.40. The zero-order valence-corrected chi connectivity index (χ0v) is 16.9. The van der Waals surface area contributed by atoms with Crippen LogP contribution in [0.3, 0.4) is 0 Å². The van der Waals surface area contributed by atoms with E-state index < -0.39 is 0 Å². The number of carbonyl (C=O) groups is 1. The van der Waals surface area contributed by atoms with E-state index in [1.165, 1.54) is 6.07 Å². The van der Waals surface area contributed by atoms with Gasteiger partial charge in [-0.15, -0.1) is 0 Å². The van der Waals surface area contributed by atoms with E-state index in [-0.39, 0.29) is 35.7 Å². The zero-order chi connectivity index (χ0) is 20.0. The molecule has 158 valence electrons. The van der Waals surface area contributed by atoms with Crippen molar-refractivity contribution < 1.29 is 23.4 Å². The van der Waals surface area contributed by atoms with E-state index in [9.17, 15) is 9.18 Å². The third-order valence-corrected chi connectivity index (χ3v) is 7.11. The van der Waals surface area contributed by atoms with Crippen LogP contribution in [0, 0.1) is 23.6 Å². The van der Waals surface area contributed by atoms with Crippen LogP contribution in [0.1, 0.15) is 24.4 Å². The molecule has 0 aromatic heterocycles. The zero-order valence-electron chi connectivity index (χ0n) is 16.9. The fourth-order valence-corrected chi connectivity index (χ4v) is 5.41. The highest BCUT2D eigenvalue weighted by Crippen LogP contribution is 2.48. The molecule has 0 saturated carbocycles. The maximum Gasteiger partial charge on any atom is 0.227 e. The highest BCUT2D eigenvalue weighted by Gasteiger charge is 2.51. The van der Waals surface area contributed by atoms with Gasteiger partial charge in [0.05, 0.1) is 18.6 Å². The van der Waals surface area contributed by atoms with Gasteiger partial charge in [0, 0.05) is 64.0 Å². The Morgan fingerprint density at radius 3 is 2.79 bits per heavy atom. The van der Waals surface area contributed by atoms with Crippen LogP contribution in [0.2, 0.25) is 0 Å². The quantitative estimate of drug-likeness (QED) is 0.769. The molecule has 1 amide bonds. The highest BCUT2D eigenvalue weighted by atomic mass is 19.1. The SMILES string of the molecule is COC1CN(C(=O)[C@@H]2CN(CC3CCOCC3)[C@H]3c4cc(F)ccc4OC[C@@H]23)C1. The van der Waals surface area contributed by atoms with E-state index in [2.05, 4.69) is 4.90 Å². The maximum absolute atomic E-state index is 14.1. The first kappa shape index (κ1) is 19.3. The number of amides is 1. The molecule has 3 saturated heterocycles. The van der Waals surface area contributed by atoms with Crippen LogP contribution in [0.25, 0.3) is 0 Å². The average Bonchev–Trinajstić information content (AvgIpc) is 3.06. The first-order chi connectivity index (χ1) is 14.1. The number of ether oxygens (including phenoxy) is 3. The molecule has 3 fully saturated rings. The Morgan fingerprint density at radius 1 is 1.24 bits per heavy atom. The Hall–Kier alpha value is -1.70. The van der Waals surface area contributed by atoms with Crippen LogP contribution in [0.15, 0.2) is 18.2 Å². The highest BCUT2D eigenvalue weighted by molar-refractivity contribution is 5.81. The molecule has 0 radical (unpaired) electrons. The van der Waals surface area contributed by atoms with Crippen molar-refractivity contribution >= 4 is 5.91 Å². The van der Waals surface area contributed by atoms with E-state index in [0.29, 0.717) is 32.2 Å². The molecule has 0 N–H and O–H groups in total. The molecular weight excluding hydrogens is 375 g/mol. The Morgan fingerprint density at radius 2 is 2.03 bits per heavy atom. The predicted octanol–water partition coefficient (Wildman–Crippen LogP) is 2.09. The van der Waals surface area contributed by atoms with Gasteiger partial charge in [0.15, 0.2) is 0 Å². The minimum Gasteiger partial charge on any atom is -0.493 e. The van der Waals surface area contributed by atoms with Gasteiger partial charge in [-0.1, -0.05) is 0 Å². The van der Waals surface area contributed by atoms with Gasteiger partial charge in [-0.25, -0.2) is 4.39 Å². The van der Waals surface area contributed by atoms with Gasteiger partial charge < -0.3 is 19.1 Å². The standard InChI is InChI=1S/C22H29FN2O4/c1-27-16-10-25(11-16)22(26)18-12-24(9-14-4-6-28-7-5-14)21-17-8-15(23)2-3-20(17)29-13-19(18)21/h2-3,8,14,16,18-19,21H,4-7,9-13H2,1H3/t18-,19+,21+/m1/s1. The van der Waals surface area contributed by atoms with E-state index >= 15 is 0 Å². The lowest BCUT2D eigenvalue weighted by molar-refractivity contribution is -0.148. The first-order valence-corrected chi connectivity index (χ1v) is 10.7. The molecular formula is C22H29FN2O4. The molecule has 0 spiro atoms. The van der Waals surface area contributed by atoms with Crippen molar-refractivity contribution in [2.75, 3.05) is 53.1 Å². The van der Waals surface area contributed by atoms with Crippen molar-refractivity contribution in [2.45, 2.75) is 25.0 Å². The van der Waals surface area contributed by atoms with Gasteiger partial charge in [0.1, 0.15) is 11.6 Å². The van der Waals surface area contributed by atoms with E-state index in [1.807, 2.05) is 4.90 Å². The van der Waals surface area contributed by atoms with Crippen LogP contribution in [0.4, 0.5) is 4.39 Å². The van der Waals surface area contributed by atoms with Crippen LogP contribution >= 0.6 is 0 Å². The summed E-state index contributed by atoms with van der Waals surface area (Å²) >= 11 is 0. The lowest BCUT2D eigenvalue weighted by Crippen LogP contribution is -2.57. The number of halogens is 1. The van der Waals surface area contributed by atoms with Gasteiger partial charge in [-0.2, -0.15) is 0 Å². The molecule has 4 aliphatic heterocycles. The number of hydrogen-bond acceptors (Lipinski definition) is 5. The summed E-state index contributed by atoms with van der Waals surface area (Å²) in [6, 6.07) is 4.80. The largest absolute Gasteiger partial charge is 0.493 e. The van der Waals surface area contributed by atoms with Gasteiger partial charge in [0.25, 0.3) is 0 Å². The topological polar surface area (TPSA) is 51.2 Å². The summed E-state index contributed by atoms with van der Waals surface area (Å²) in [5, 5.41) is 0. The molecule has 0 unspecified atom stereocenters. The summed E-state index contributed by atoms with van der Waals surface area (Å²) < 4.78 is 30.9. The molecule has 1 aromatic rings. The normalized spacial score (nSPS) is 30.4. The molecule has 0 aliphatic carbocycles. The predicted molar refractivity (Wildman–Crippen MR) is 104 cm³/mol. The van der Waals surface area contributed by atoms with E-state index in [0.717, 1.165) is 43.9 Å². The van der Waals surface area contributed by atoms with Crippen molar-refractivity contribution in [3.05, 3.63) is 29.6 Å². The monoisotopic (exact) mass is 404 g/mol. The number of benzene rings is 1. The molecule has 0 bridgehead atoms. The Bertz CT molecular complexity index is 763. The van der Waals surface area contributed by atoms with E-state index in [1.54, 1.807) is 19.2 Å². The smallest absolute Gasteiger partial charge is 0.227 e. The number of rotatable bonds is 4. The van der Waals surface area contributed by atoms with Gasteiger partial charge in [0.2, 0.25) is 5.91 Å². The van der Waals surface area contributed by atoms with Crippen LogP contribution in [0.5, 0.6) is 5.75 Å². The second-order valence-corrected chi connectivity index (χ2v) is 8.82. The molecule has 1 aromatic carbocycles. The minimum atomic E-state index is -0.250. The number of methoxy groups -OCH3 is 1. The summed E-state index contributed by atoms with van der Waals surface area (Å²) in [6.45, 7) is 5.06. The number of carbonyl (C=O) groups excluding carboxylic acids is 1. The van der Waals surface area contributed by atoms with Crippen molar-refractivity contribution in [2.24, 2.45) is 17.8 Å². The van der Waals surface area contributed by atoms with Crippen molar-refractivity contribution in [3.8, 4) is 5.75 Å². The fourth-order valence-electron chi connectivity index (χ4n) is 5.41. The van der Waals surface area contributed by atoms with Crippen molar-refractivity contribution in [1.29, 1.82) is 0 Å². The second-order valence-electron chi connectivity index (χ2n) is 8.82. The third kappa shape index (κ3) is 3.53. The van der Waals surface area contributed by atoms with E-state index in [4.69, 9.17) is 14.2 Å². The van der Waals surface area contributed by atoms with Crippen LogP contribution in [-0.2, 0) is 14.3 Å². The molecule has 6 nitrogen and oxygen atoms in total. The lowest BCUT2D eigenvalue weighted by atomic mass is 9.84. The van der Waals surface area contributed by atoms with Crippen molar-refractivity contribution in [3.63, 3.8) is 0 Å². The van der Waals surface area contributed by atoms with Crippen LogP contribution < -0.4 is 4.74 Å². The van der Waals surface area contributed by atoms with Gasteiger partial charge in [-0.05, 0) is 37.0 Å². The molecule has 4 aliphatic rings. The number of likely N-dealkylation sites (tertiary alicyclic amines) is 2. The molecule has 5 rings (SSSR count). The molecule has 7 heteroatoms. The summed E-state index contributed by atoms with van der Waals surface area (Å²) in [6.07, 6.45) is 2.23. The second kappa shape index (κ2) is 7.85. The summed E-state index contributed by atoms with van der Waals surface area (Å²) in [5.41, 5.74) is 0.891. The Labute approximate surface area is 170 Å². The fraction of sp³-hybridized carbons (Fsp3) is 0.682. The lowest BCUT2D eigenvalue weighted by Gasteiger charge is -2.41. The summed E-state index contributed by atoms with van der Waals surface area (Å²) in [5.74, 6) is 1.18. The first-order valence-electron chi connectivity index (χ1n) is 10.7. The van der Waals surface area contributed by atoms with Gasteiger partial charge >= 0.3 is 0 Å². The van der Waals surface area contributed by atoms with Gasteiger partial charge in [-0.3, -0.25) is 9.69 Å². The Kier molecular flexibility index (Phi) is 5.22. The summed E-state index contributed by atoms with van der Waals surface area (Å²) in [7, 11) is 1.69. The third-order valence-electron chi connectivity index (χ3n) is 7.11. The maximum atomic E-state index is 14.1. The van der Waals surface area contributed by atoms with Crippen molar-refractivity contribution in [1.82, 2.24) is 9.80 Å². The molecule has 29 heavy (non-hydrogen) atoms. The number of fused-ring (bicyclic) bond motifs is 3. The molecule has 3 atom stereocenters.